The molecule has 0 saturated carbocycles. The number of sulfonamides is 1. The van der Waals surface area contributed by atoms with Gasteiger partial charge in [0.1, 0.15) is 10.9 Å². The van der Waals surface area contributed by atoms with E-state index in [0.717, 1.165) is 31.2 Å². The Morgan fingerprint density at radius 1 is 1.07 bits per heavy atom. The van der Waals surface area contributed by atoms with Crippen LogP contribution in [0, 0.1) is 6.92 Å². The quantitative estimate of drug-likeness (QED) is 0.406. The molecule has 3 N–H and O–H groups in total. The van der Waals surface area contributed by atoms with Crippen molar-refractivity contribution < 1.29 is 18.0 Å². The zero-order valence-electron chi connectivity index (χ0n) is 17.4. The maximum atomic E-state index is 12.8. The molecular formula is C20H32ClN3O4S. The lowest BCUT2D eigenvalue weighted by Crippen LogP contribution is -2.47. The molecule has 0 spiro atoms. The Morgan fingerprint density at radius 3 is 2.31 bits per heavy atom. The molecule has 2 amide bonds. The number of rotatable bonds is 13. The third-order valence-electron chi connectivity index (χ3n) is 4.33. The first-order valence-electron chi connectivity index (χ1n) is 10.0. The van der Waals surface area contributed by atoms with Crippen LogP contribution in [-0.4, -0.2) is 39.4 Å². The summed E-state index contributed by atoms with van der Waals surface area (Å²) in [6.45, 7) is 6.78. The van der Waals surface area contributed by atoms with Gasteiger partial charge in [-0.15, -0.1) is 0 Å². The second-order valence-corrected chi connectivity index (χ2v) is 9.08. The van der Waals surface area contributed by atoms with Gasteiger partial charge in [-0.3, -0.25) is 9.59 Å². The van der Waals surface area contributed by atoms with Crippen LogP contribution in [0.15, 0.2) is 23.1 Å². The molecule has 0 aliphatic rings. The first-order valence-corrected chi connectivity index (χ1v) is 11.9. The molecule has 1 rings (SSSR count). The molecule has 0 fully saturated rings. The van der Waals surface area contributed by atoms with Gasteiger partial charge >= 0.3 is 0 Å². The Kier molecular flexibility index (Phi) is 11.2. The van der Waals surface area contributed by atoms with Crippen molar-refractivity contribution in [3.8, 4) is 0 Å². The number of hydrogen-bond acceptors (Lipinski definition) is 4. The number of aryl methyl sites for hydroxylation is 1. The molecular weight excluding hydrogens is 414 g/mol. The van der Waals surface area contributed by atoms with Crippen LogP contribution in [-0.2, 0) is 19.6 Å². The lowest BCUT2D eigenvalue weighted by molar-refractivity contribution is -0.123. The summed E-state index contributed by atoms with van der Waals surface area (Å²) in [6.07, 6.45) is 3.60. The number of halogens is 1. The first kappa shape index (κ1) is 25.4. The van der Waals surface area contributed by atoms with Gasteiger partial charge in [0, 0.05) is 19.5 Å². The van der Waals surface area contributed by atoms with E-state index in [9.17, 15) is 18.0 Å². The number of unbranched alkanes of at least 4 members (excludes halogenated alkanes) is 2. The Labute approximate surface area is 179 Å². The molecule has 7 nitrogen and oxygen atoms in total. The van der Waals surface area contributed by atoms with Gasteiger partial charge in [-0.2, -0.15) is 4.72 Å². The highest BCUT2D eigenvalue weighted by Gasteiger charge is 2.27. The van der Waals surface area contributed by atoms with E-state index in [1.165, 1.54) is 12.1 Å². The second-order valence-electron chi connectivity index (χ2n) is 6.99. The van der Waals surface area contributed by atoms with Crippen molar-refractivity contribution in [3.63, 3.8) is 0 Å². The fourth-order valence-corrected chi connectivity index (χ4v) is 4.41. The zero-order chi connectivity index (χ0) is 21.9. The molecule has 9 heteroatoms. The van der Waals surface area contributed by atoms with Crippen molar-refractivity contribution in [3.05, 3.63) is 28.8 Å². The van der Waals surface area contributed by atoms with Gasteiger partial charge in [-0.1, -0.05) is 44.4 Å². The molecule has 164 valence electrons. The van der Waals surface area contributed by atoms with E-state index in [-0.39, 0.29) is 28.7 Å². The van der Waals surface area contributed by atoms with Crippen LogP contribution in [0.1, 0.15) is 57.9 Å². The number of amides is 2. The van der Waals surface area contributed by atoms with E-state index in [1.54, 1.807) is 13.0 Å². The summed E-state index contributed by atoms with van der Waals surface area (Å²) in [5.41, 5.74) is 0.731. The molecule has 0 aliphatic heterocycles. The van der Waals surface area contributed by atoms with Crippen molar-refractivity contribution in [2.75, 3.05) is 13.1 Å². The van der Waals surface area contributed by atoms with E-state index < -0.39 is 22.0 Å². The summed E-state index contributed by atoms with van der Waals surface area (Å²) in [5.74, 6) is -0.662. The van der Waals surface area contributed by atoms with E-state index >= 15 is 0 Å². The SMILES string of the molecule is CCCCNC(=O)CC[C@H](NS(=O)(=O)c1cc(C)ccc1Cl)C(=O)NCCCC. The van der Waals surface area contributed by atoms with E-state index in [0.29, 0.717) is 13.1 Å². The van der Waals surface area contributed by atoms with E-state index in [4.69, 9.17) is 11.6 Å². The molecule has 0 radical (unpaired) electrons. The summed E-state index contributed by atoms with van der Waals surface area (Å²) < 4.78 is 28.1. The Balaban J connectivity index is 2.90. The smallest absolute Gasteiger partial charge is 0.242 e. The Hall–Kier alpha value is -1.64. The van der Waals surface area contributed by atoms with Gasteiger partial charge in [0.05, 0.1) is 5.02 Å². The molecule has 0 unspecified atom stereocenters. The predicted octanol–water partition coefficient (Wildman–Crippen LogP) is 2.91. The molecule has 29 heavy (non-hydrogen) atoms. The lowest BCUT2D eigenvalue weighted by atomic mass is 10.1. The van der Waals surface area contributed by atoms with Gasteiger partial charge in [-0.25, -0.2) is 8.42 Å². The normalized spacial score (nSPS) is 12.4. The van der Waals surface area contributed by atoms with Gasteiger partial charge < -0.3 is 10.6 Å². The van der Waals surface area contributed by atoms with Crippen LogP contribution in [0.4, 0.5) is 0 Å². The number of carbonyl (C=O) groups is 2. The molecule has 0 aliphatic carbocycles. The highest BCUT2D eigenvalue weighted by atomic mass is 35.5. The highest BCUT2D eigenvalue weighted by molar-refractivity contribution is 7.89. The molecule has 0 bridgehead atoms. The van der Waals surface area contributed by atoms with Crippen molar-refractivity contribution >= 4 is 33.4 Å². The average Bonchev–Trinajstić information content (AvgIpc) is 2.67. The summed E-state index contributed by atoms with van der Waals surface area (Å²) in [6, 6.07) is 3.60. The fraction of sp³-hybridized carbons (Fsp3) is 0.600. The molecule has 1 aromatic rings. The van der Waals surface area contributed by atoms with Crippen LogP contribution in [0.25, 0.3) is 0 Å². The highest BCUT2D eigenvalue weighted by Crippen LogP contribution is 2.23. The van der Waals surface area contributed by atoms with Crippen molar-refractivity contribution in [1.29, 1.82) is 0 Å². The second kappa shape index (κ2) is 12.8. The molecule has 0 saturated heterocycles. The average molecular weight is 446 g/mol. The fourth-order valence-electron chi connectivity index (χ4n) is 2.59. The van der Waals surface area contributed by atoms with Gasteiger partial charge in [0.15, 0.2) is 0 Å². The first-order chi connectivity index (χ1) is 13.7. The van der Waals surface area contributed by atoms with Crippen molar-refractivity contribution in [2.45, 2.75) is 70.2 Å². The minimum Gasteiger partial charge on any atom is -0.356 e. The number of hydrogen-bond donors (Lipinski definition) is 3. The topological polar surface area (TPSA) is 104 Å². The Morgan fingerprint density at radius 2 is 1.69 bits per heavy atom. The molecule has 0 aromatic heterocycles. The maximum Gasteiger partial charge on any atom is 0.242 e. The molecule has 1 atom stereocenters. The minimum absolute atomic E-state index is 0.0413. The van der Waals surface area contributed by atoms with E-state index in [1.807, 2.05) is 13.8 Å². The number of benzene rings is 1. The van der Waals surface area contributed by atoms with Crippen LogP contribution >= 0.6 is 11.6 Å². The monoisotopic (exact) mass is 445 g/mol. The zero-order valence-corrected chi connectivity index (χ0v) is 19.0. The molecule has 1 aromatic carbocycles. The van der Waals surface area contributed by atoms with Gasteiger partial charge in [-0.05, 0) is 43.9 Å². The van der Waals surface area contributed by atoms with Crippen LogP contribution < -0.4 is 15.4 Å². The summed E-state index contributed by atoms with van der Waals surface area (Å²) in [4.78, 5) is 24.5. The lowest BCUT2D eigenvalue weighted by Gasteiger charge is -2.19. The Bertz CT molecular complexity index is 784. The summed E-state index contributed by atoms with van der Waals surface area (Å²) in [7, 11) is -4.03. The molecule has 0 heterocycles. The van der Waals surface area contributed by atoms with Crippen molar-refractivity contribution in [1.82, 2.24) is 15.4 Å². The maximum absolute atomic E-state index is 12.8. The van der Waals surface area contributed by atoms with Crippen LogP contribution in [0.5, 0.6) is 0 Å². The van der Waals surface area contributed by atoms with E-state index in [2.05, 4.69) is 15.4 Å². The third kappa shape index (κ3) is 9.14. The number of nitrogens with one attached hydrogen (secondary N) is 3. The third-order valence-corrected chi connectivity index (χ3v) is 6.29. The minimum atomic E-state index is -4.03. The largest absolute Gasteiger partial charge is 0.356 e. The van der Waals surface area contributed by atoms with Crippen molar-refractivity contribution in [2.24, 2.45) is 0 Å². The van der Waals surface area contributed by atoms with Gasteiger partial charge in [0.2, 0.25) is 21.8 Å². The van der Waals surface area contributed by atoms with Gasteiger partial charge in [0.25, 0.3) is 0 Å². The summed E-state index contributed by atoms with van der Waals surface area (Å²) >= 11 is 6.06. The van der Waals surface area contributed by atoms with Crippen LogP contribution in [0.3, 0.4) is 0 Å². The number of carbonyl (C=O) groups excluding carboxylic acids is 2. The predicted molar refractivity (Wildman–Crippen MR) is 115 cm³/mol. The standard InChI is InChI=1S/C20H32ClN3O4S/c1-4-6-12-22-19(25)11-10-17(20(26)23-13-7-5-2)24-29(27,28)18-14-15(3)8-9-16(18)21/h8-9,14,17,24H,4-7,10-13H2,1-3H3,(H,22,25)(H,23,26)/t17-/m0/s1. The summed E-state index contributed by atoms with van der Waals surface area (Å²) in [5, 5.41) is 5.58. The van der Waals surface area contributed by atoms with Crippen LogP contribution in [0.2, 0.25) is 5.02 Å².